The van der Waals surface area contributed by atoms with Crippen molar-refractivity contribution >= 4 is 11.9 Å². The van der Waals surface area contributed by atoms with Crippen LogP contribution in [0.5, 0.6) is 0 Å². The molecule has 6 nitrogen and oxygen atoms in total. The molecule has 6 heteroatoms. The highest BCUT2D eigenvalue weighted by atomic mass is 16.5. The van der Waals surface area contributed by atoms with Gasteiger partial charge >= 0.3 is 5.97 Å². The van der Waals surface area contributed by atoms with E-state index in [-0.39, 0.29) is 18.5 Å². The standard InChI is InChI=1S/C67H125NO5/c1-3-5-7-9-11-13-15-17-18-19-31-34-37-41-45-49-53-57-61-67(72)73-62-58-54-50-46-42-38-35-32-29-27-25-23-21-20-22-24-26-28-30-33-36-40-44-48-52-56-60-66(71)68-64(63-69)65(70)59-55-51-47-43-39-16-14-12-10-8-6-4-2/h13,15,18-20,22,55,59,64-65,69-70H,3-12,14,16-17,21,23-54,56-58,60-63H2,1-2H3,(H,68,71)/b15-13-,19-18-,22-20-,59-55+. The average molecular weight is 1020 g/mol. The average Bonchev–Trinajstić information content (AvgIpc) is 3.39. The minimum absolute atomic E-state index is 0.00634. The van der Waals surface area contributed by atoms with Gasteiger partial charge in [0, 0.05) is 12.8 Å². The maximum Gasteiger partial charge on any atom is 0.305 e. The molecule has 1 amide bonds. The van der Waals surface area contributed by atoms with Crippen molar-refractivity contribution in [2.45, 2.75) is 353 Å². The lowest BCUT2D eigenvalue weighted by Crippen LogP contribution is -2.45. The predicted octanol–water partition coefficient (Wildman–Crippen LogP) is 20.5. The van der Waals surface area contributed by atoms with Gasteiger partial charge in [0.15, 0.2) is 0 Å². The number of carbonyl (C=O) groups is 2. The van der Waals surface area contributed by atoms with Gasteiger partial charge in [-0.25, -0.2) is 0 Å². The Morgan fingerprint density at radius 2 is 0.685 bits per heavy atom. The fraction of sp³-hybridized carbons (Fsp3) is 0.851. The van der Waals surface area contributed by atoms with Crippen molar-refractivity contribution in [3.8, 4) is 0 Å². The Balaban J connectivity index is 3.39. The Bertz CT molecular complexity index is 1230. The first-order valence-corrected chi connectivity index (χ1v) is 32.4. The monoisotopic (exact) mass is 1020 g/mol. The van der Waals surface area contributed by atoms with Crippen LogP contribution < -0.4 is 5.32 Å². The fourth-order valence-corrected chi connectivity index (χ4v) is 9.84. The van der Waals surface area contributed by atoms with E-state index in [9.17, 15) is 19.8 Å². The van der Waals surface area contributed by atoms with Crippen LogP contribution in [0.2, 0.25) is 0 Å². The van der Waals surface area contributed by atoms with Crippen LogP contribution in [0.1, 0.15) is 341 Å². The van der Waals surface area contributed by atoms with Gasteiger partial charge in [0.2, 0.25) is 5.91 Å². The van der Waals surface area contributed by atoms with E-state index in [0.29, 0.717) is 19.4 Å². The zero-order valence-corrected chi connectivity index (χ0v) is 48.9. The Hall–Kier alpha value is -2.18. The van der Waals surface area contributed by atoms with E-state index < -0.39 is 12.1 Å². The molecule has 2 atom stereocenters. The number of unbranched alkanes of at least 4 members (excludes halogenated alkanes) is 43. The molecule has 0 fully saturated rings. The van der Waals surface area contributed by atoms with Crippen LogP contribution in [0.15, 0.2) is 48.6 Å². The number of aliphatic hydroxyl groups excluding tert-OH is 2. The van der Waals surface area contributed by atoms with Crippen LogP contribution in [-0.4, -0.2) is 47.4 Å². The van der Waals surface area contributed by atoms with Gasteiger partial charge in [-0.3, -0.25) is 9.59 Å². The third-order valence-corrected chi connectivity index (χ3v) is 14.8. The lowest BCUT2D eigenvalue weighted by atomic mass is 10.0. The van der Waals surface area contributed by atoms with Crippen LogP contribution in [0, 0.1) is 0 Å². The van der Waals surface area contributed by atoms with Gasteiger partial charge in [0.1, 0.15) is 0 Å². The molecule has 0 heterocycles. The van der Waals surface area contributed by atoms with Gasteiger partial charge < -0.3 is 20.3 Å². The minimum atomic E-state index is -0.845. The largest absolute Gasteiger partial charge is 0.466 e. The van der Waals surface area contributed by atoms with Crippen molar-refractivity contribution in [3.05, 3.63) is 48.6 Å². The van der Waals surface area contributed by atoms with Gasteiger partial charge in [-0.1, -0.05) is 287 Å². The smallest absolute Gasteiger partial charge is 0.305 e. The van der Waals surface area contributed by atoms with Crippen molar-refractivity contribution in [1.82, 2.24) is 5.32 Å². The Morgan fingerprint density at radius 1 is 0.384 bits per heavy atom. The molecule has 0 aromatic carbocycles. The molecular formula is C67H125NO5. The maximum absolute atomic E-state index is 12.4. The molecule has 0 rings (SSSR count). The highest BCUT2D eigenvalue weighted by molar-refractivity contribution is 5.76. The number of ether oxygens (including phenoxy) is 1. The number of amides is 1. The fourth-order valence-electron chi connectivity index (χ4n) is 9.84. The van der Waals surface area contributed by atoms with Crippen molar-refractivity contribution in [2.24, 2.45) is 0 Å². The summed E-state index contributed by atoms with van der Waals surface area (Å²) < 4.78 is 5.49. The Morgan fingerprint density at radius 3 is 1.07 bits per heavy atom. The summed E-state index contributed by atoms with van der Waals surface area (Å²) in [5, 5.41) is 23.1. The third kappa shape index (κ3) is 58.9. The van der Waals surface area contributed by atoms with E-state index in [4.69, 9.17) is 4.74 Å². The number of allylic oxidation sites excluding steroid dienone is 7. The van der Waals surface area contributed by atoms with Crippen LogP contribution >= 0.6 is 0 Å². The van der Waals surface area contributed by atoms with E-state index in [2.05, 4.69) is 55.6 Å². The van der Waals surface area contributed by atoms with Crippen molar-refractivity contribution in [2.75, 3.05) is 13.2 Å². The second kappa shape index (κ2) is 62.4. The first-order chi connectivity index (χ1) is 36.0. The maximum atomic E-state index is 12.4. The summed E-state index contributed by atoms with van der Waals surface area (Å²) in [5.41, 5.74) is 0. The second-order valence-electron chi connectivity index (χ2n) is 22.1. The van der Waals surface area contributed by atoms with Crippen molar-refractivity contribution in [3.63, 3.8) is 0 Å². The molecular weight excluding hydrogens is 899 g/mol. The number of carbonyl (C=O) groups excluding carboxylic acids is 2. The number of nitrogens with one attached hydrogen (secondary N) is 1. The summed E-state index contributed by atoms with van der Waals surface area (Å²) in [4.78, 5) is 24.5. The van der Waals surface area contributed by atoms with Crippen LogP contribution in [0.3, 0.4) is 0 Å². The first-order valence-electron chi connectivity index (χ1n) is 32.4. The molecule has 0 radical (unpaired) electrons. The van der Waals surface area contributed by atoms with Crippen molar-refractivity contribution < 1.29 is 24.5 Å². The van der Waals surface area contributed by atoms with Crippen molar-refractivity contribution in [1.29, 1.82) is 0 Å². The van der Waals surface area contributed by atoms with Crippen LogP contribution in [0.25, 0.3) is 0 Å². The minimum Gasteiger partial charge on any atom is -0.466 e. The molecule has 0 aromatic heterocycles. The second-order valence-corrected chi connectivity index (χ2v) is 22.1. The number of hydrogen-bond donors (Lipinski definition) is 3. The number of aliphatic hydroxyl groups is 2. The lowest BCUT2D eigenvalue weighted by molar-refractivity contribution is -0.143. The quantitative estimate of drug-likeness (QED) is 0.0320. The molecule has 428 valence electrons. The number of rotatable bonds is 60. The number of esters is 1. The van der Waals surface area contributed by atoms with Gasteiger partial charge in [-0.05, 0) is 89.9 Å². The van der Waals surface area contributed by atoms with Gasteiger partial charge in [-0.15, -0.1) is 0 Å². The predicted molar refractivity (Wildman–Crippen MR) is 319 cm³/mol. The molecule has 3 N–H and O–H groups in total. The summed E-state index contributed by atoms with van der Waals surface area (Å²) in [5.74, 6) is -0.0640. The summed E-state index contributed by atoms with van der Waals surface area (Å²) in [6.07, 6.45) is 80.2. The zero-order chi connectivity index (χ0) is 52.9. The number of hydrogen-bond acceptors (Lipinski definition) is 5. The summed E-state index contributed by atoms with van der Waals surface area (Å²) in [6, 6.07) is -0.629. The highest BCUT2D eigenvalue weighted by Gasteiger charge is 2.18. The molecule has 0 saturated heterocycles. The van der Waals surface area contributed by atoms with Gasteiger partial charge in [0.25, 0.3) is 0 Å². The van der Waals surface area contributed by atoms with E-state index >= 15 is 0 Å². The molecule has 73 heavy (non-hydrogen) atoms. The molecule has 0 bridgehead atoms. The summed E-state index contributed by atoms with van der Waals surface area (Å²) >= 11 is 0. The molecule has 0 aromatic rings. The van der Waals surface area contributed by atoms with E-state index in [0.717, 1.165) is 51.4 Å². The topological polar surface area (TPSA) is 95.9 Å². The summed E-state index contributed by atoms with van der Waals surface area (Å²) in [6.45, 7) is 4.89. The van der Waals surface area contributed by atoms with E-state index in [1.54, 1.807) is 6.08 Å². The van der Waals surface area contributed by atoms with Crippen LogP contribution in [-0.2, 0) is 14.3 Å². The highest BCUT2D eigenvalue weighted by Crippen LogP contribution is 2.17. The normalized spacial score (nSPS) is 12.9. The Labute approximate surface area is 455 Å². The SMILES string of the molecule is CCCCCC/C=C\C/C=C\CCCCCCCCCC(=O)OCCCCCCCCCCCCCC/C=C\CCCCCCCCCCCCC(=O)NC(CO)C(O)/C=C/CCCCCCCCCCCC. The molecule has 0 aliphatic rings. The molecule has 2 unspecified atom stereocenters. The summed E-state index contributed by atoms with van der Waals surface area (Å²) in [7, 11) is 0. The molecule has 0 aliphatic carbocycles. The van der Waals surface area contributed by atoms with E-state index in [1.165, 1.54) is 263 Å². The molecule has 0 aliphatic heterocycles. The van der Waals surface area contributed by atoms with Gasteiger partial charge in [-0.2, -0.15) is 0 Å². The van der Waals surface area contributed by atoms with E-state index in [1.807, 2.05) is 6.08 Å². The zero-order valence-electron chi connectivity index (χ0n) is 48.9. The first kappa shape index (κ1) is 70.8. The lowest BCUT2D eigenvalue weighted by Gasteiger charge is -2.20. The Kier molecular flexibility index (Phi) is 60.5. The van der Waals surface area contributed by atoms with Gasteiger partial charge in [0.05, 0.1) is 25.4 Å². The van der Waals surface area contributed by atoms with Crippen LogP contribution in [0.4, 0.5) is 0 Å². The third-order valence-electron chi connectivity index (χ3n) is 14.8. The molecule has 0 saturated carbocycles. The molecule has 0 spiro atoms.